The van der Waals surface area contributed by atoms with Crippen LogP contribution in [0.15, 0.2) is 42.7 Å². The Bertz CT molecular complexity index is 684. The summed E-state index contributed by atoms with van der Waals surface area (Å²) in [7, 11) is 1.72. The lowest BCUT2D eigenvalue weighted by Crippen LogP contribution is -2.45. The van der Waals surface area contributed by atoms with Gasteiger partial charge in [0.1, 0.15) is 6.61 Å². The summed E-state index contributed by atoms with van der Waals surface area (Å²) in [5, 5.41) is 15.8. The summed E-state index contributed by atoms with van der Waals surface area (Å²) in [4.78, 5) is 23.2. The zero-order valence-electron chi connectivity index (χ0n) is 13.0. The molecule has 0 radical (unpaired) electrons. The molecule has 2 N–H and O–H groups in total. The summed E-state index contributed by atoms with van der Waals surface area (Å²) in [5.74, 6) is -1.03. The third-order valence-electron chi connectivity index (χ3n) is 3.44. The SMILES string of the molecule is Cn1cc(C(C)(CC(=O)O)NC(=O)OCc2ccccc2)cn1. The monoisotopic (exact) mass is 317 g/mol. The predicted molar refractivity (Wildman–Crippen MR) is 82.6 cm³/mol. The Balaban J connectivity index is 2.05. The molecule has 7 heteroatoms. The van der Waals surface area contributed by atoms with Gasteiger partial charge in [-0.15, -0.1) is 0 Å². The highest BCUT2D eigenvalue weighted by molar-refractivity contribution is 5.73. The van der Waals surface area contributed by atoms with Crippen molar-refractivity contribution in [2.24, 2.45) is 7.05 Å². The van der Waals surface area contributed by atoms with Crippen molar-refractivity contribution in [2.75, 3.05) is 0 Å². The van der Waals surface area contributed by atoms with Gasteiger partial charge in [-0.1, -0.05) is 30.3 Å². The van der Waals surface area contributed by atoms with Gasteiger partial charge in [-0.25, -0.2) is 4.79 Å². The number of nitrogens with zero attached hydrogens (tertiary/aromatic N) is 2. The molecule has 1 aromatic carbocycles. The molecule has 0 fully saturated rings. The van der Waals surface area contributed by atoms with Crippen LogP contribution in [0, 0.1) is 0 Å². The Labute approximate surface area is 133 Å². The molecule has 1 heterocycles. The van der Waals surface area contributed by atoms with Gasteiger partial charge in [-0.3, -0.25) is 9.48 Å². The number of amides is 1. The van der Waals surface area contributed by atoms with Crippen LogP contribution >= 0.6 is 0 Å². The Morgan fingerprint density at radius 3 is 2.61 bits per heavy atom. The molecular weight excluding hydrogens is 298 g/mol. The van der Waals surface area contributed by atoms with Crippen molar-refractivity contribution in [3.63, 3.8) is 0 Å². The quantitative estimate of drug-likeness (QED) is 0.850. The number of ether oxygens (including phenoxy) is 1. The fraction of sp³-hybridized carbons (Fsp3) is 0.312. The average Bonchev–Trinajstić information content (AvgIpc) is 2.93. The molecule has 1 unspecified atom stereocenters. The first kappa shape index (κ1) is 16.5. The maximum absolute atomic E-state index is 12.0. The maximum Gasteiger partial charge on any atom is 0.408 e. The zero-order valence-corrected chi connectivity index (χ0v) is 13.0. The normalized spacial score (nSPS) is 13.1. The predicted octanol–water partition coefficient (Wildman–Crippen LogP) is 2.04. The molecule has 1 aromatic heterocycles. The van der Waals surface area contributed by atoms with E-state index in [1.165, 1.54) is 6.20 Å². The van der Waals surface area contributed by atoms with Crippen LogP contribution in [0.2, 0.25) is 0 Å². The summed E-state index contributed by atoms with van der Waals surface area (Å²) in [5.41, 5.74) is 0.344. The number of alkyl carbamates (subject to hydrolysis) is 1. The van der Waals surface area contributed by atoms with Crippen LogP contribution in [0.5, 0.6) is 0 Å². The van der Waals surface area contributed by atoms with Gasteiger partial charge >= 0.3 is 12.1 Å². The third kappa shape index (κ3) is 4.57. The van der Waals surface area contributed by atoms with E-state index in [1.807, 2.05) is 30.3 Å². The van der Waals surface area contributed by atoms with E-state index < -0.39 is 17.6 Å². The van der Waals surface area contributed by atoms with Crippen molar-refractivity contribution in [3.8, 4) is 0 Å². The molecule has 0 aliphatic rings. The first-order valence-electron chi connectivity index (χ1n) is 7.09. The van der Waals surface area contributed by atoms with Crippen molar-refractivity contribution >= 4 is 12.1 Å². The molecule has 0 saturated carbocycles. The van der Waals surface area contributed by atoms with Crippen LogP contribution in [0.1, 0.15) is 24.5 Å². The lowest BCUT2D eigenvalue weighted by atomic mass is 9.91. The van der Waals surface area contributed by atoms with Gasteiger partial charge < -0.3 is 15.2 Å². The molecule has 0 saturated heterocycles. The Kier molecular flexibility index (Phi) is 5.00. The van der Waals surface area contributed by atoms with Crippen LogP contribution in [-0.2, 0) is 28.7 Å². The van der Waals surface area contributed by atoms with E-state index in [1.54, 1.807) is 24.9 Å². The van der Waals surface area contributed by atoms with Gasteiger partial charge in [0.15, 0.2) is 0 Å². The first-order chi connectivity index (χ1) is 10.9. The average molecular weight is 317 g/mol. The molecule has 0 spiro atoms. The Hall–Kier alpha value is -2.83. The molecule has 0 aliphatic carbocycles. The lowest BCUT2D eigenvalue weighted by Gasteiger charge is -2.27. The second-order valence-electron chi connectivity index (χ2n) is 5.49. The molecule has 1 atom stereocenters. The highest BCUT2D eigenvalue weighted by Gasteiger charge is 2.33. The van der Waals surface area contributed by atoms with Gasteiger partial charge in [0.05, 0.1) is 18.2 Å². The van der Waals surface area contributed by atoms with Crippen LogP contribution in [0.3, 0.4) is 0 Å². The van der Waals surface area contributed by atoms with Crippen LogP contribution < -0.4 is 5.32 Å². The molecule has 2 rings (SSSR count). The number of aryl methyl sites for hydroxylation is 1. The van der Waals surface area contributed by atoms with E-state index in [0.717, 1.165) is 5.56 Å². The summed E-state index contributed by atoms with van der Waals surface area (Å²) in [6.07, 6.45) is 2.24. The molecule has 23 heavy (non-hydrogen) atoms. The minimum absolute atomic E-state index is 0.114. The fourth-order valence-electron chi connectivity index (χ4n) is 2.21. The van der Waals surface area contributed by atoms with Crippen molar-refractivity contribution < 1.29 is 19.4 Å². The van der Waals surface area contributed by atoms with Crippen LogP contribution in [0.4, 0.5) is 4.79 Å². The topological polar surface area (TPSA) is 93.5 Å². The number of nitrogens with one attached hydrogen (secondary N) is 1. The van der Waals surface area contributed by atoms with E-state index in [0.29, 0.717) is 5.56 Å². The molecule has 0 bridgehead atoms. The molecule has 2 aromatic rings. The largest absolute Gasteiger partial charge is 0.481 e. The van der Waals surface area contributed by atoms with Gasteiger partial charge in [-0.2, -0.15) is 5.10 Å². The van der Waals surface area contributed by atoms with E-state index in [-0.39, 0.29) is 13.0 Å². The van der Waals surface area contributed by atoms with Crippen molar-refractivity contribution in [2.45, 2.75) is 25.5 Å². The Morgan fingerprint density at radius 2 is 2.04 bits per heavy atom. The lowest BCUT2D eigenvalue weighted by molar-refractivity contribution is -0.138. The number of carbonyl (C=O) groups is 2. The zero-order chi connectivity index (χ0) is 16.9. The number of hydrogen-bond donors (Lipinski definition) is 2. The van der Waals surface area contributed by atoms with Gasteiger partial charge in [0.2, 0.25) is 0 Å². The highest BCUT2D eigenvalue weighted by Crippen LogP contribution is 2.24. The van der Waals surface area contributed by atoms with E-state index in [9.17, 15) is 9.59 Å². The number of rotatable bonds is 6. The van der Waals surface area contributed by atoms with Crippen molar-refractivity contribution in [3.05, 3.63) is 53.9 Å². The number of carbonyl (C=O) groups excluding carboxylic acids is 1. The summed E-state index contributed by atoms with van der Waals surface area (Å²) in [6, 6.07) is 9.24. The van der Waals surface area contributed by atoms with Crippen LogP contribution in [0.25, 0.3) is 0 Å². The van der Waals surface area contributed by atoms with E-state index >= 15 is 0 Å². The second kappa shape index (κ2) is 6.95. The minimum atomic E-state index is -1.10. The smallest absolute Gasteiger partial charge is 0.408 e. The van der Waals surface area contributed by atoms with Crippen molar-refractivity contribution in [1.82, 2.24) is 15.1 Å². The summed E-state index contributed by atoms with van der Waals surface area (Å²) >= 11 is 0. The maximum atomic E-state index is 12.0. The molecule has 1 amide bonds. The number of hydrogen-bond acceptors (Lipinski definition) is 4. The standard InChI is InChI=1S/C16H19N3O4/c1-16(8-14(20)21,13-9-17-19(2)10-13)18-15(22)23-11-12-6-4-3-5-7-12/h3-7,9-10H,8,11H2,1-2H3,(H,18,22)(H,20,21). The number of carboxylic acids is 1. The van der Waals surface area contributed by atoms with E-state index in [2.05, 4.69) is 10.4 Å². The summed E-state index contributed by atoms with van der Waals surface area (Å²) < 4.78 is 6.71. The molecule has 0 aliphatic heterocycles. The first-order valence-corrected chi connectivity index (χ1v) is 7.09. The third-order valence-corrected chi connectivity index (χ3v) is 3.44. The number of benzene rings is 1. The Morgan fingerprint density at radius 1 is 1.35 bits per heavy atom. The molecular formula is C16H19N3O4. The second-order valence-corrected chi connectivity index (χ2v) is 5.49. The number of aliphatic carboxylic acids is 1. The minimum Gasteiger partial charge on any atom is -0.481 e. The summed E-state index contributed by atoms with van der Waals surface area (Å²) in [6.45, 7) is 1.74. The highest BCUT2D eigenvalue weighted by atomic mass is 16.5. The van der Waals surface area contributed by atoms with E-state index in [4.69, 9.17) is 9.84 Å². The molecule has 7 nitrogen and oxygen atoms in total. The fourth-order valence-corrected chi connectivity index (χ4v) is 2.21. The van der Waals surface area contributed by atoms with Crippen LogP contribution in [-0.4, -0.2) is 26.9 Å². The van der Waals surface area contributed by atoms with Gasteiger partial charge in [0.25, 0.3) is 0 Å². The number of carboxylic acid groups (broad SMARTS) is 1. The van der Waals surface area contributed by atoms with Gasteiger partial charge in [0, 0.05) is 18.8 Å². The molecule has 122 valence electrons. The van der Waals surface area contributed by atoms with Gasteiger partial charge in [-0.05, 0) is 12.5 Å². The number of aromatic nitrogens is 2. The van der Waals surface area contributed by atoms with Crippen molar-refractivity contribution in [1.29, 1.82) is 0 Å².